The lowest BCUT2D eigenvalue weighted by atomic mass is 10.0. The minimum absolute atomic E-state index is 0.300. The molecule has 0 aliphatic carbocycles. The molecule has 0 saturated heterocycles. The Balaban J connectivity index is 2.19. The van der Waals surface area contributed by atoms with E-state index in [1.54, 1.807) is 23.9 Å². The second kappa shape index (κ2) is 5.49. The second-order valence-corrected chi connectivity index (χ2v) is 7.21. The predicted molar refractivity (Wildman–Crippen MR) is 73.9 cm³/mol. The van der Waals surface area contributed by atoms with Gasteiger partial charge < -0.3 is 9.73 Å². The highest BCUT2D eigenvalue weighted by Gasteiger charge is 2.16. The maximum atomic E-state index is 5.09. The highest BCUT2D eigenvalue weighted by Crippen LogP contribution is 2.36. The Labute approximate surface area is 115 Å². The summed E-state index contributed by atoms with van der Waals surface area (Å²) >= 11 is 8.78. The van der Waals surface area contributed by atoms with E-state index in [4.69, 9.17) is 4.42 Å². The van der Waals surface area contributed by atoms with Gasteiger partial charge in [0.15, 0.2) is 0 Å². The van der Waals surface area contributed by atoms with Gasteiger partial charge in [-0.25, -0.2) is 0 Å². The first-order valence-corrected chi connectivity index (χ1v) is 7.24. The van der Waals surface area contributed by atoms with Gasteiger partial charge in [0.25, 0.3) is 0 Å². The van der Waals surface area contributed by atoms with Gasteiger partial charge in [0.05, 0.1) is 20.1 Å². The number of halogens is 2. The van der Waals surface area contributed by atoms with E-state index in [-0.39, 0.29) is 0 Å². The Morgan fingerprint density at radius 3 is 2.81 bits per heavy atom. The Kier molecular flexibility index (Phi) is 4.24. The lowest BCUT2D eigenvalue weighted by molar-refractivity contribution is 0.551. The summed E-state index contributed by atoms with van der Waals surface area (Å²) in [6, 6.07) is 4.45. The quantitative estimate of drug-likeness (QED) is 0.871. The molecule has 0 aliphatic rings. The molecule has 5 heteroatoms. The van der Waals surface area contributed by atoms with Crippen molar-refractivity contribution in [1.29, 1.82) is 0 Å². The molecule has 0 radical (unpaired) electrons. The highest BCUT2D eigenvalue weighted by molar-refractivity contribution is 9.12. The van der Waals surface area contributed by atoms with E-state index in [1.807, 2.05) is 13.1 Å². The number of nitrogens with one attached hydrogen (secondary N) is 1. The zero-order chi connectivity index (χ0) is 11.5. The molecule has 2 heterocycles. The lowest BCUT2D eigenvalue weighted by Gasteiger charge is -2.14. The Morgan fingerprint density at radius 2 is 2.31 bits per heavy atom. The van der Waals surface area contributed by atoms with E-state index in [0.717, 1.165) is 10.2 Å². The van der Waals surface area contributed by atoms with Gasteiger partial charge in [0.2, 0.25) is 0 Å². The largest absolute Gasteiger partial charge is 0.472 e. The number of rotatable bonds is 4. The summed E-state index contributed by atoms with van der Waals surface area (Å²) in [4.78, 5) is 0. The van der Waals surface area contributed by atoms with Gasteiger partial charge in [0.1, 0.15) is 0 Å². The molecule has 2 aromatic heterocycles. The van der Waals surface area contributed by atoms with Crippen molar-refractivity contribution in [3.63, 3.8) is 0 Å². The summed E-state index contributed by atoms with van der Waals surface area (Å²) < 4.78 is 7.39. The molecule has 0 saturated carbocycles. The van der Waals surface area contributed by atoms with Crippen molar-refractivity contribution in [2.75, 3.05) is 7.05 Å². The molecule has 0 spiro atoms. The van der Waals surface area contributed by atoms with Crippen LogP contribution in [0.15, 0.2) is 36.6 Å². The summed E-state index contributed by atoms with van der Waals surface area (Å²) in [5, 5.41) is 3.32. The fourth-order valence-corrected chi connectivity index (χ4v) is 4.58. The van der Waals surface area contributed by atoms with Crippen molar-refractivity contribution < 1.29 is 4.42 Å². The van der Waals surface area contributed by atoms with E-state index in [2.05, 4.69) is 43.2 Å². The molecule has 0 aromatic carbocycles. The average molecular weight is 365 g/mol. The van der Waals surface area contributed by atoms with Crippen LogP contribution in [0.2, 0.25) is 0 Å². The molecular formula is C11H11Br2NOS. The Morgan fingerprint density at radius 1 is 1.50 bits per heavy atom. The lowest BCUT2D eigenvalue weighted by Crippen LogP contribution is -2.18. The third-order valence-corrected chi connectivity index (χ3v) is 4.81. The molecule has 0 fully saturated rings. The van der Waals surface area contributed by atoms with Crippen LogP contribution in [0.5, 0.6) is 0 Å². The van der Waals surface area contributed by atoms with E-state index in [0.29, 0.717) is 6.04 Å². The maximum absolute atomic E-state index is 5.09. The standard InChI is InChI=1S/C11H11Br2NOS/c1-14-9(4-7-2-3-15-6-7)8-5-10(12)16-11(8)13/h2-3,5-6,9,14H,4H2,1H3. The average Bonchev–Trinajstić information content (AvgIpc) is 2.85. The minimum atomic E-state index is 0.300. The number of hydrogen-bond acceptors (Lipinski definition) is 3. The fraction of sp³-hybridized carbons (Fsp3) is 0.273. The Hall–Kier alpha value is -0.100. The summed E-state index contributed by atoms with van der Waals surface area (Å²) in [6.45, 7) is 0. The van der Waals surface area contributed by atoms with E-state index < -0.39 is 0 Å². The van der Waals surface area contributed by atoms with Crippen LogP contribution in [0.25, 0.3) is 0 Å². The van der Waals surface area contributed by atoms with Crippen LogP contribution in [0.4, 0.5) is 0 Å². The van der Waals surface area contributed by atoms with Crippen molar-refractivity contribution in [2.45, 2.75) is 12.5 Å². The van der Waals surface area contributed by atoms with E-state index >= 15 is 0 Å². The predicted octanol–water partition coefficient (Wildman–Crippen LogP) is 4.37. The number of thiophene rings is 1. The molecule has 1 unspecified atom stereocenters. The number of hydrogen-bond donors (Lipinski definition) is 1. The third-order valence-electron chi connectivity index (χ3n) is 2.43. The first kappa shape index (κ1) is 12.4. The SMILES string of the molecule is CNC(Cc1ccoc1)c1cc(Br)sc1Br. The number of likely N-dealkylation sites (N-methyl/N-ethyl adjacent to an activating group) is 1. The van der Waals surface area contributed by atoms with Gasteiger partial charge in [0, 0.05) is 6.04 Å². The molecule has 2 rings (SSSR count). The van der Waals surface area contributed by atoms with Gasteiger partial charge in [-0.05, 0) is 68.6 Å². The van der Waals surface area contributed by atoms with Crippen LogP contribution >= 0.6 is 43.2 Å². The highest BCUT2D eigenvalue weighted by atomic mass is 79.9. The van der Waals surface area contributed by atoms with Crippen molar-refractivity contribution in [3.8, 4) is 0 Å². The monoisotopic (exact) mass is 363 g/mol. The first-order valence-electron chi connectivity index (χ1n) is 4.83. The van der Waals surface area contributed by atoms with Crippen LogP contribution in [-0.4, -0.2) is 7.05 Å². The molecular weight excluding hydrogens is 354 g/mol. The van der Waals surface area contributed by atoms with Gasteiger partial charge >= 0.3 is 0 Å². The minimum Gasteiger partial charge on any atom is -0.472 e. The van der Waals surface area contributed by atoms with E-state index in [1.165, 1.54) is 14.9 Å². The summed E-state index contributed by atoms with van der Waals surface area (Å²) in [5.41, 5.74) is 2.48. The van der Waals surface area contributed by atoms with Gasteiger partial charge in [-0.15, -0.1) is 11.3 Å². The zero-order valence-corrected chi connectivity index (χ0v) is 12.7. The van der Waals surface area contributed by atoms with Gasteiger partial charge in [-0.3, -0.25) is 0 Å². The van der Waals surface area contributed by atoms with Gasteiger partial charge in [-0.1, -0.05) is 0 Å². The van der Waals surface area contributed by atoms with Crippen LogP contribution in [0, 0.1) is 0 Å². The molecule has 2 nitrogen and oxygen atoms in total. The summed E-state index contributed by atoms with van der Waals surface area (Å²) in [7, 11) is 1.97. The van der Waals surface area contributed by atoms with Crippen molar-refractivity contribution >= 4 is 43.2 Å². The van der Waals surface area contributed by atoms with Crippen LogP contribution in [0.1, 0.15) is 17.2 Å². The molecule has 2 aromatic rings. The van der Waals surface area contributed by atoms with Crippen LogP contribution in [0.3, 0.4) is 0 Å². The first-order chi connectivity index (χ1) is 7.70. The molecule has 0 bridgehead atoms. The molecule has 16 heavy (non-hydrogen) atoms. The van der Waals surface area contributed by atoms with Crippen LogP contribution in [-0.2, 0) is 6.42 Å². The van der Waals surface area contributed by atoms with Crippen molar-refractivity contribution in [3.05, 3.63) is 43.4 Å². The molecule has 0 amide bonds. The number of furan rings is 1. The van der Waals surface area contributed by atoms with Crippen LogP contribution < -0.4 is 5.32 Å². The molecule has 86 valence electrons. The fourth-order valence-electron chi connectivity index (χ4n) is 1.60. The molecule has 1 N–H and O–H groups in total. The van der Waals surface area contributed by atoms with Crippen molar-refractivity contribution in [2.24, 2.45) is 0 Å². The normalized spacial score (nSPS) is 12.9. The smallest absolute Gasteiger partial charge is 0.0935 e. The summed E-state index contributed by atoms with van der Waals surface area (Å²) in [5.74, 6) is 0. The third kappa shape index (κ3) is 2.77. The van der Waals surface area contributed by atoms with Crippen molar-refractivity contribution in [1.82, 2.24) is 5.32 Å². The molecule has 1 atom stereocenters. The summed E-state index contributed by atoms with van der Waals surface area (Å²) in [6.07, 6.45) is 4.43. The van der Waals surface area contributed by atoms with Gasteiger partial charge in [-0.2, -0.15) is 0 Å². The zero-order valence-electron chi connectivity index (χ0n) is 8.67. The van der Waals surface area contributed by atoms with E-state index in [9.17, 15) is 0 Å². The topological polar surface area (TPSA) is 25.2 Å². The Bertz CT molecular complexity index is 453. The second-order valence-electron chi connectivity index (χ2n) is 3.46. The molecule has 0 aliphatic heterocycles. The maximum Gasteiger partial charge on any atom is 0.0935 e.